The molecule has 0 saturated heterocycles. The van der Waals surface area contributed by atoms with Gasteiger partial charge in [-0.25, -0.2) is 14.8 Å². The van der Waals surface area contributed by atoms with E-state index in [-0.39, 0.29) is 0 Å². The summed E-state index contributed by atoms with van der Waals surface area (Å²) >= 11 is 2.15. The number of aromatic nitrogens is 5. The largest absolute Gasteiger partial charge is 0.329 e. The molecule has 0 aliphatic carbocycles. The maximum Gasteiger partial charge on any atom is 0.329 e. The van der Waals surface area contributed by atoms with Crippen LogP contribution in [0.5, 0.6) is 0 Å². The third-order valence-electron chi connectivity index (χ3n) is 4.47. The molecule has 0 aliphatic heterocycles. The number of rotatable bonds is 3. The van der Waals surface area contributed by atoms with Crippen LogP contribution in [-0.2, 0) is 13.6 Å². The van der Waals surface area contributed by atoms with Gasteiger partial charge in [0.05, 0.1) is 0 Å². The standard InChI is InChI=1S/C19H16IN5O2/c1-11-5-7-12(8-6-11)10-25-14-17(24(2)19(27)23-18(14)26)22-16(25)13-4-3-9-21-15(13)20/h3-9H,10H2,1-2H3,(H,23,26,27). The minimum Gasteiger partial charge on any atom is -0.314 e. The van der Waals surface area contributed by atoms with E-state index in [9.17, 15) is 9.59 Å². The molecule has 8 heteroatoms. The van der Waals surface area contributed by atoms with Crippen molar-refractivity contribution in [1.82, 2.24) is 24.1 Å². The normalized spacial score (nSPS) is 11.2. The smallest absolute Gasteiger partial charge is 0.314 e. The number of nitrogens with one attached hydrogen (secondary N) is 1. The highest BCUT2D eigenvalue weighted by Gasteiger charge is 2.20. The average molecular weight is 473 g/mol. The number of pyridine rings is 1. The molecule has 0 radical (unpaired) electrons. The SMILES string of the molecule is Cc1ccc(Cn2c(-c3cccnc3I)nc3c2c(=O)[nH]c(=O)n3C)cc1. The fourth-order valence-electron chi connectivity index (χ4n) is 3.02. The second-order valence-corrected chi connectivity index (χ2v) is 7.36. The molecule has 0 spiro atoms. The first-order valence-electron chi connectivity index (χ1n) is 8.31. The van der Waals surface area contributed by atoms with Gasteiger partial charge in [-0.3, -0.25) is 14.3 Å². The topological polar surface area (TPSA) is 85.6 Å². The Morgan fingerprint density at radius 2 is 1.89 bits per heavy atom. The molecule has 4 aromatic rings. The lowest BCUT2D eigenvalue weighted by Gasteiger charge is -2.10. The lowest BCUT2D eigenvalue weighted by atomic mass is 10.1. The summed E-state index contributed by atoms with van der Waals surface area (Å²) in [6, 6.07) is 11.8. The number of aromatic amines is 1. The highest BCUT2D eigenvalue weighted by Crippen LogP contribution is 2.26. The third-order valence-corrected chi connectivity index (χ3v) is 5.33. The van der Waals surface area contributed by atoms with Crippen molar-refractivity contribution in [2.24, 2.45) is 7.05 Å². The molecule has 0 aliphatic rings. The molecule has 0 saturated carbocycles. The molecule has 0 atom stereocenters. The zero-order chi connectivity index (χ0) is 19.1. The maximum absolute atomic E-state index is 12.6. The molecule has 0 unspecified atom stereocenters. The summed E-state index contributed by atoms with van der Waals surface area (Å²) in [4.78, 5) is 36.0. The molecular weight excluding hydrogens is 457 g/mol. The van der Waals surface area contributed by atoms with Crippen LogP contribution in [0.4, 0.5) is 0 Å². The number of hydrogen-bond donors (Lipinski definition) is 1. The fraction of sp³-hybridized carbons (Fsp3) is 0.158. The van der Waals surface area contributed by atoms with E-state index in [4.69, 9.17) is 0 Å². The quantitative estimate of drug-likeness (QED) is 0.366. The van der Waals surface area contributed by atoms with E-state index in [0.29, 0.717) is 23.5 Å². The molecule has 0 bridgehead atoms. The van der Waals surface area contributed by atoms with Crippen LogP contribution in [0.3, 0.4) is 0 Å². The Hall–Kier alpha value is -2.75. The minimum absolute atomic E-state index is 0.352. The molecule has 0 amide bonds. The highest BCUT2D eigenvalue weighted by atomic mass is 127. The first kappa shape index (κ1) is 17.7. The van der Waals surface area contributed by atoms with Gasteiger partial charge in [0, 0.05) is 25.4 Å². The fourth-order valence-corrected chi connectivity index (χ4v) is 3.60. The van der Waals surface area contributed by atoms with Crippen LogP contribution in [0.1, 0.15) is 11.1 Å². The predicted octanol–water partition coefficient (Wildman–Crippen LogP) is 2.45. The van der Waals surface area contributed by atoms with Crippen LogP contribution in [0.25, 0.3) is 22.6 Å². The second-order valence-electron chi connectivity index (χ2n) is 6.34. The van der Waals surface area contributed by atoms with Gasteiger partial charge < -0.3 is 4.57 Å². The van der Waals surface area contributed by atoms with Gasteiger partial charge in [0.1, 0.15) is 9.53 Å². The number of nitrogens with zero attached hydrogens (tertiary/aromatic N) is 4. The predicted molar refractivity (Wildman–Crippen MR) is 112 cm³/mol. The Balaban J connectivity index is 2.04. The lowest BCUT2D eigenvalue weighted by Crippen LogP contribution is -2.29. The summed E-state index contributed by atoms with van der Waals surface area (Å²) in [6.45, 7) is 2.48. The number of aryl methyl sites for hydroxylation is 2. The van der Waals surface area contributed by atoms with Gasteiger partial charge >= 0.3 is 5.69 Å². The van der Waals surface area contributed by atoms with Crippen molar-refractivity contribution in [2.45, 2.75) is 13.5 Å². The molecule has 4 rings (SSSR count). The van der Waals surface area contributed by atoms with Gasteiger partial charge in [0.2, 0.25) is 0 Å². The Labute approximate surface area is 167 Å². The van der Waals surface area contributed by atoms with Crippen LogP contribution in [0.15, 0.2) is 52.2 Å². The zero-order valence-electron chi connectivity index (χ0n) is 14.7. The molecule has 3 aromatic heterocycles. The van der Waals surface area contributed by atoms with Gasteiger partial charge in [-0.05, 0) is 47.2 Å². The van der Waals surface area contributed by atoms with Gasteiger partial charge in [-0.15, -0.1) is 0 Å². The molecular formula is C19H16IN5O2. The Kier molecular flexibility index (Phi) is 4.42. The van der Waals surface area contributed by atoms with E-state index in [1.807, 2.05) is 47.9 Å². The molecule has 1 N–H and O–H groups in total. The number of halogens is 1. The molecule has 0 fully saturated rings. The summed E-state index contributed by atoms with van der Waals surface area (Å²) in [6.07, 6.45) is 1.71. The van der Waals surface area contributed by atoms with Crippen molar-refractivity contribution in [2.75, 3.05) is 0 Å². The van der Waals surface area contributed by atoms with E-state index in [1.54, 1.807) is 13.2 Å². The maximum atomic E-state index is 12.6. The number of fused-ring (bicyclic) bond motifs is 1. The number of H-pyrrole nitrogens is 1. The Bertz CT molecular complexity index is 1270. The van der Waals surface area contributed by atoms with E-state index >= 15 is 0 Å². The van der Waals surface area contributed by atoms with Crippen molar-refractivity contribution in [3.63, 3.8) is 0 Å². The van der Waals surface area contributed by atoms with Gasteiger partial charge in [-0.1, -0.05) is 29.8 Å². The van der Waals surface area contributed by atoms with Crippen LogP contribution in [-0.4, -0.2) is 24.1 Å². The highest BCUT2D eigenvalue weighted by molar-refractivity contribution is 14.1. The molecule has 27 heavy (non-hydrogen) atoms. The molecule has 3 heterocycles. The summed E-state index contributed by atoms with van der Waals surface area (Å²) in [5.41, 5.74) is 2.80. The average Bonchev–Trinajstić information content (AvgIpc) is 3.02. The van der Waals surface area contributed by atoms with E-state index in [1.165, 1.54) is 4.57 Å². The number of hydrogen-bond acceptors (Lipinski definition) is 4. The number of imidazole rings is 1. The van der Waals surface area contributed by atoms with Gasteiger partial charge in [0.15, 0.2) is 11.2 Å². The lowest BCUT2D eigenvalue weighted by molar-refractivity contribution is 0.810. The monoisotopic (exact) mass is 473 g/mol. The van der Waals surface area contributed by atoms with Gasteiger partial charge in [0.25, 0.3) is 5.56 Å². The summed E-state index contributed by atoms with van der Waals surface area (Å²) in [5, 5.41) is 0. The van der Waals surface area contributed by atoms with Crippen molar-refractivity contribution in [3.05, 3.63) is 78.3 Å². The zero-order valence-corrected chi connectivity index (χ0v) is 16.9. The van der Waals surface area contributed by atoms with Gasteiger partial charge in [-0.2, -0.15) is 0 Å². The van der Waals surface area contributed by atoms with Crippen molar-refractivity contribution >= 4 is 33.8 Å². The molecule has 136 valence electrons. The first-order valence-corrected chi connectivity index (χ1v) is 9.39. The van der Waals surface area contributed by atoms with Crippen molar-refractivity contribution in [1.29, 1.82) is 0 Å². The summed E-state index contributed by atoms with van der Waals surface area (Å²) in [7, 11) is 1.60. The Morgan fingerprint density at radius 1 is 1.15 bits per heavy atom. The van der Waals surface area contributed by atoms with Crippen LogP contribution < -0.4 is 11.2 Å². The third kappa shape index (κ3) is 3.09. The first-order chi connectivity index (χ1) is 13.0. The summed E-state index contributed by atoms with van der Waals surface area (Å²) < 4.78 is 3.98. The van der Waals surface area contributed by atoms with Crippen LogP contribution in [0, 0.1) is 10.6 Å². The van der Waals surface area contributed by atoms with E-state index < -0.39 is 11.2 Å². The number of benzene rings is 1. The van der Waals surface area contributed by atoms with E-state index in [2.05, 4.69) is 37.5 Å². The minimum atomic E-state index is -0.486. The molecule has 1 aromatic carbocycles. The second kappa shape index (κ2) is 6.76. The molecule has 7 nitrogen and oxygen atoms in total. The van der Waals surface area contributed by atoms with Crippen LogP contribution >= 0.6 is 22.6 Å². The van der Waals surface area contributed by atoms with Crippen molar-refractivity contribution < 1.29 is 0 Å². The van der Waals surface area contributed by atoms with E-state index in [0.717, 1.165) is 20.4 Å². The van der Waals surface area contributed by atoms with Crippen LogP contribution in [0.2, 0.25) is 0 Å². The Morgan fingerprint density at radius 3 is 2.59 bits per heavy atom. The summed E-state index contributed by atoms with van der Waals surface area (Å²) in [5.74, 6) is 0.606. The van der Waals surface area contributed by atoms with Crippen molar-refractivity contribution in [3.8, 4) is 11.4 Å².